The van der Waals surface area contributed by atoms with Crippen molar-refractivity contribution >= 4 is 17.8 Å². The van der Waals surface area contributed by atoms with Crippen LogP contribution in [-0.2, 0) is 20.7 Å². The van der Waals surface area contributed by atoms with Crippen molar-refractivity contribution in [2.75, 3.05) is 6.54 Å². The van der Waals surface area contributed by atoms with Gasteiger partial charge in [0.15, 0.2) is 6.10 Å². The number of hydrogen-bond donors (Lipinski definition) is 2. The average molecular weight is 394 g/mol. The molecular weight excluding hydrogens is 368 g/mol. The number of esters is 1. The zero-order valence-electron chi connectivity index (χ0n) is 16.7. The van der Waals surface area contributed by atoms with Crippen molar-refractivity contribution in [3.8, 4) is 0 Å². The lowest BCUT2D eigenvalue weighted by atomic mass is 9.87. The van der Waals surface area contributed by atoms with Gasteiger partial charge in [-0.15, -0.1) is 0 Å². The third-order valence-electron chi connectivity index (χ3n) is 5.07. The van der Waals surface area contributed by atoms with Gasteiger partial charge in [0, 0.05) is 5.56 Å². The van der Waals surface area contributed by atoms with Crippen LogP contribution in [0.5, 0.6) is 0 Å². The van der Waals surface area contributed by atoms with Crippen LogP contribution in [0.4, 0.5) is 0 Å². The third kappa shape index (κ3) is 5.44. The van der Waals surface area contributed by atoms with Crippen LogP contribution < -0.4 is 10.6 Å². The summed E-state index contributed by atoms with van der Waals surface area (Å²) in [6.07, 6.45) is 1.93. The van der Waals surface area contributed by atoms with Crippen LogP contribution >= 0.6 is 0 Å². The van der Waals surface area contributed by atoms with E-state index < -0.39 is 12.1 Å². The van der Waals surface area contributed by atoms with Crippen LogP contribution in [0.25, 0.3) is 0 Å². The van der Waals surface area contributed by atoms with E-state index >= 15 is 0 Å². The third-order valence-corrected chi connectivity index (χ3v) is 5.07. The van der Waals surface area contributed by atoms with Gasteiger partial charge in [-0.2, -0.15) is 0 Å². The molecule has 2 N–H and O–H groups in total. The Hall–Kier alpha value is -3.15. The van der Waals surface area contributed by atoms with E-state index in [9.17, 15) is 14.4 Å². The molecule has 152 valence electrons. The zero-order chi connectivity index (χ0) is 20.8. The Kier molecular flexibility index (Phi) is 6.65. The minimum absolute atomic E-state index is 0.0742. The number of rotatable bonds is 6. The SMILES string of the molecule is Cc1ccc(C(=O)NCC(=O)O[C@H](C)C(=O)N[C@@H]2CCCc3ccccc32)cc1. The second kappa shape index (κ2) is 9.37. The fraction of sp³-hybridized carbons (Fsp3) is 0.348. The van der Waals surface area contributed by atoms with E-state index in [4.69, 9.17) is 4.74 Å². The molecule has 2 aromatic rings. The molecule has 0 heterocycles. The second-order valence-electron chi connectivity index (χ2n) is 7.33. The molecule has 0 unspecified atom stereocenters. The van der Waals surface area contributed by atoms with Crippen LogP contribution in [0.1, 0.15) is 52.9 Å². The molecule has 0 spiro atoms. The van der Waals surface area contributed by atoms with Gasteiger partial charge in [0.25, 0.3) is 11.8 Å². The van der Waals surface area contributed by atoms with Crippen LogP contribution in [-0.4, -0.2) is 30.4 Å². The van der Waals surface area contributed by atoms with E-state index in [2.05, 4.69) is 16.7 Å². The largest absolute Gasteiger partial charge is 0.451 e. The van der Waals surface area contributed by atoms with Gasteiger partial charge < -0.3 is 15.4 Å². The number of nitrogens with one attached hydrogen (secondary N) is 2. The van der Waals surface area contributed by atoms with Gasteiger partial charge in [-0.1, -0.05) is 42.0 Å². The number of benzene rings is 2. The zero-order valence-corrected chi connectivity index (χ0v) is 16.7. The molecule has 0 radical (unpaired) electrons. The maximum atomic E-state index is 12.5. The van der Waals surface area contributed by atoms with E-state index in [0.29, 0.717) is 5.56 Å². The summed E-state index contributed by atoms with van der Waals surface area (Å²) in [5, 5.41) is 5.48. The lowest BCUT2D eigenvalue weighted by molar-refractivity contribution is -0.154. The molecule has 0 saturated carbocycles. The van der Waals surface area contributed by atoms with Crippen LogP contribution in [0, 0.1) is 6.92 Å². The smallest absolute Gasteiger partial charge is 0.326 e. The fourth-order valence-corrected chi connectivity index (χ4v) is 3.44. The van der Waals surface area contributed by atoms with E-state index in [1.54, 1.807) is 12.1 Å². The van der Waals surface area contributed by atoms with Crippen molar-refractivity contribution in [1.82, 2.24) is 10.6 Å². The summed E-state index contributed by atoms with van der Waals surface area (Å²) >= 11 is 0. The average Bonchev–Trinajstić information content (AvgIpc) is 2.72. The molecule has 0 aliphatic heterocycles. The standard InChI is InChI=1S/C23H26N2O4/c1-15-10-12-18(13-11-15)23(28)24-14-21(26)29-16(2)22(27)25-20-9-5-7-17-6-3-4-8-19(17)20/h3-4,6,8,10-13,16,20H,5,7,9,14H2,1-2H3,(H,24,28)(H,25,27)/t16-,20-/m1/s1. The van der Waals surface area contributed by atoms with E-state index in [-0.39, 0.29) is 24.4 Å². The summed E-state index contributed by atoms with van der Waals surface area (Å²) < 4.78 is 5.18. The Balaban J connectivity index is 1.47. The molecule has 6 heteroatoms. The van der Waals surface area contributed by atoms with E-state index in [0.717, 1.165) is 30.4 Å². The van der Waals surface area contributed by atoms with Crippen LogP contribution in [0.3, 0.4) is 0 Å². The Morgan fingerprint density at radius 1 is 1.10 bits per heavy atom. The molecule has 2 amide bonds. The minimum atomic E-state index is -0.937. The molecule has 2 atom stereocenters. The molecule has 2 aromatic carbocycles. The van der Waals surface area contributed by atoms with Gasteiger partial charge in [0.1, 0.15) is 6.54 Å². The predicted octanol–water partition coefficient (Wildman–Crippen LogP) is 2.85. The van der Waals surface area contributed by atoms with Crippen molar-refractivity contribution < 1.29 is 19.1 Å². The summed E-state index contributed by atoms with van der Waals surface area (Å²) in [7, 11) is 0. The quantitative estimate of drug-likeness (QED) is 0.738. The normalized spacial score (nSPS) is 16.3. The van der Waals surface area contributed by atoms with Gasteiger partial charge in [-0.3, -0.25) is 14.4 Å². The van der Waals surface area contributed by atoms with Crippen molar-refractivity contribution in [2.24, 2.45) is 0 Å². The Morgan fingerprint density at radius 3 is 2.59 bits per heavy atom. The summed E-state index contributed by atoms with van der Waals surface area (Å²) in [5.41, 5.74) is 3.87. The van der Waals surface area contributed by atoms with E-state index in [1.165, 1.54) is 12.5 Å². The van der Waals surface area contributed by atoms with Crippen molar-refractivity contribution in [2.45, 2.75) is 45.3 Å². The predicted molar refractivity (Wildman–Crippen MR) is 109 cm³/mol. The fourth-order valence-electron chi connectivity index (χ4n) is 3.44. The number of ether oxygens (including phenoxy) is 1. The molecule has 6 nitrogen and oxygen atoms in total. The highest BCUT2D eigenvalue weighted by Gasteiger charge is 2.25. The molecule has 0 fully saturated rings. The summed E-state index contributed by atoms with van der Waals surface area (Å²) in [4.78, 5) is 36.6. The molecule has 0 aromatic heterocycles. The molecule has 0 saturated heterocycles. The van der Waals surface area contributed by atoms with Gasteiger partial charge in [-0.05, 0) is 56.4 Å². The number of fused-ring (bicyclic) bond motifs is 1. The second-order valence-corrected chi connectivity index (χ2v) is 7.33. The molecular formula is C23H26N2O4. The topological polar surface area (TPSA) is 84.5 Å². The molecule has 3 rings (SSSR count). The number of amides is 2. The maximum Gasteiger partial charge on any atom is 0.326 e. The minimum Gasteiger partial charge on any atom is -0.451 e. The first kappa shape index (κ1) is 20.6. The summed E-state index contributed by atoms with van der Waals surface area (Å²) in [6.45, 7) is 3.16. The van der Waals surface area contributed by atoms with Crippen molar-refractivity contribution in [1.29, 1.82) is 0 Å². The number of hydrogen-bond acceptors (Lipinski definition) is 4. The lowest BCUT2D eigenvalue weighted by Crippen LogP contribution is -2.41. The highest BCUT2D eigenvalue weighted by molar-refractivity contribution is 5.96. The Labute approximate surface area is 170 Å². The number of aryl methyl sites for hydroxylation is 2. The number of carbonyl (C=O) groups is 3. The van der Waals surface area contributed by atoms with Gasteiger partial charge in [0.2, 0.25) is 0 Å². The van der Waals surface area contributed by atoms with Crippen LogP contribution in [0.15, 0.2) is 48.5 Å². The van der Waals surface area contributed by atoms with Gasteiger partial charge in [-0.25, -0.2) is 0 Å². The summed E-state index contributed by atoms with van der Waals surface area (Å²) in [6, 6.07) is 15.0. The number of carbonyl (C=O) groups excluding carboxylic acids is 3. The Bertz CT molecular complexity index is 892. The van der Waals surface area contributed by atoms with Gasteiger partial charge in [0.05, 0.1) is 6.04 Å². The Morgan fingerprint density at radius 2 is 1.83 bits per heavy atom. The first-order valence-corrected chi connectivity index (χ1v) is 9.86. The molecule has 29 heavy (non-hydrogen) atoms. The lowest BCUT2D eigenvalue weighted by Gasteiger charge is -2.27. The van der Waals surface area contributed by atoms with Gasteiger partial charge >= 0.3 is 5.97 Å². The van der Waals surface area contributed by atoms with Crippen LogP contribution in [0.2, 0.25) is 0 Å². The maximum absolute atomic E-state index is 12.5. The molecule has 1 aliphatic rings. The van der Waals surface area contributed by atoms with E-state index in [1.807, 2.05) is 37.3 Å². The van der Waals surface area contributed by atoms with Crippen molar-refractivity contribution in [3.05, 3.63) is 70.8 Å². The summed E-state index contributed by atoms with van der Waals surface area (Å²) in [5.74, 6) is -1.36. The highest BCUT2D eigenvalue weighted by Crippen LogP contribution is 2.29. The molecule has 0 bridgehead atoms. The van der Waals surface area contributed by atoms with Crippen molar-refractivity contribution in [3.63, 3.8) is 0 Å². The highest BCUT2D eigenvalue weighted by atomic mass is 16.5. The first-order chi connectivity index (χ1) is 13.9. The monoisotopic (exact) mass is 394 g/mol. The molecule has 1 aliphatic carbocycles. The first-order valence-electron chi connectivity index (χ1n) is 9.86.